The van der Waals surface area contributed by atoms with Crippen LogP contribution < -0.4 is 0 Å². The molecule has 4 nitrogen and oxygen atoms in total. The van der Waals surface area contributed by atoms with Crippen molar-refractivity contribution in [3.63, 3.8) is 0 Å². The van der Waals surface area contributed by atoms with E-state index in [9.17, 15) is 14.3 Å². The van der Waals surface area contributed by atoms with E-state index in [1.165, 1.54) is 12.1 Å². The van der Waals surface area contributed by atoms with Crippen molar-refractivity contribution in [1.82, 2.24) is 9.80 Å². The first-order valence-electron chi connectivity index (χ1n) is 7.87. The van der Waals surface area contributed by atoms with Crippen LogP contribution in [-0.2, 0) is 11.3 Å². The second-order valence-corrected chi connectivity index (χ2v) is 6.86. The number of hydrogen-bond acceptors (Lipinski definition) is 3. The minimum atomic E-state index is -0.689. The van der Waals surface area contributed by atoms with Gasteiger partial charge in [0.15, 0.2) is 0 Å². The molecule has 3 rings (SSSR count). The van der Waals surface area contributed by atoms with Crippen LogP contribution in [0.4, 0.5) is 4.39 Å². The quantitative estimate of drug-likeness (QED) is 0.928. The maximum absolute atomic E-state index is 13.3. The molecular weight excluding hydrogens is 283 g/mol. The van der Waals surface area contributed by atoms with Gasteiger partial charge in [-0.05, 0) is 50.7 Å². The molecule has 1 aromatic carbocycles. The Kier molecular flexibility index (Phi) is 4.19. The number of aliphatic carboxylic acids is 1. The van der Waals surface area contributed by atoms with Crippen molar-refractivity contribution in [3.05, 3.63) is 35.6 Å². The SMILES string of the molecule is CN1CCC2(CC1)CN(Cc1cccc(F)c1)C[C@H]2C(=O)O. The lowest BCUT2D eigenvalue weighted by Crippen LogP contribution is -2.44. The van der Waals surface area contributed by atoms with Crippen molar-refractivity contribution in [1.29, 1.82) is 0 Å². The molecule has 2 fully saturated rings. The van der Waals surface area contributed by atoms with Crippen molar-refractivity contribution in [2.24, 2.45) is 11.3 Å². The van der Waals surface area contributed by atoms with E-state index in [-0.39, 0.29) is 17.2 Å². The summed E-state index contributed by atoms with van der Waals surface area (Å²) in [7, 11) is 2.09. The van der Waals surface area contributed by atoms with Gasteiger partial charge in [0.2, 0.25) is 0 Å². The Balaban J connectivity index is 1.74. The number of likely N-dealkylation sites (tertiary alicyclic amines) is 2. The van der Waals surface area contributed by atoms with Crippen LogP contribution in [0.25, 0.3) is 0 Å². The van der Waals surface area contributed by atoms with Crippen molar-refractivity contribution in [2.45, 2.75) is 19.4 Å². The molecule has 2 saturated heterocycles. The molecule has 1 N–H and O–H groups in total. The van der Waals surface area contributed by atoms with E-state index < -0.39 is 5.97 Å². The minimum Gasteiger partial charge on any atom is -0.481 e. The number of nitrogens with zero attached hydrogens (tertiary/aromatic N) is 2. The molecule has 22 heavy (non-hydrogen) atoms. The molecule has 2 heterocycles. The number of carboxylic acids is 1. The summed E-state index contributed by atoms with van der Waals surface area (Å²) in [5.74, 6) is -1.23. The summed E-state index contributed by atoms with van der Waals surface area (Å²) in [4.78, 5) is 16.2. The van der Waals surface area contributed by atoms with Gasteiger partial charge in [0, 0.05) is 25.0 Å². The predicted octanol–water partition coefficient (Wildman–Crippen LogP) is 2.05. The van der Waals surface area contributed by atoms with Gasteiger partial charge >= 0.3 is 5.97 Å². The number of benzene rings is 1. The maximum atomic E-state index is 13.3. The fraction of sp³-hybridized carbons (Fsp3) is 0.588. The second kappa shape index (κ2) is 5.97. The summed E-state index contributed by atoms with van der Waals surface area (Å²) in [6.07, 6.45) is 1.86. The van der Waals surface area contributed by atoms with Crippen LogP contribution >= 0.6 is 0 Å². The normalized spacial score (nSPS) is 25.6. The van der Waals surface area contributed by atoms with Crippen molar-refractivity contribution < 1.29 is 14.3 Å². The average Bonchev–Trinajstić information content (AvgIpc) is 2.81. The van der Waals surface area contributed by atoms with Gasteiger partial charge in [-0.25, -0.2) is 4.39 Å². The van der Waals surface area contributed by atoms with Crippen molar-refractivity contribution >= 4 is 5.97 Å². The summed E-state index contributed by atoms with van der Waals surface area (Å²) < 4.78 is 13.3. The Morgan fingerprint density at radius 3 is 2.77 bits per heavy atom. The molecule has 1 atom stereocenters. The van der Waals surface area contributed by atoms with E-state index in [2.05, 4.69) is 16.8 Å². The second-order valence-electron chi connectivity index (χ2n) is 6.86. The number of rotatable bonds is 3. The predicted molar refractivity (Wildman–Crippen MR) is 82.0 cm³/mol. The average molecular weight is 306 g/mol. The Morgan fingerprint density at radius 1 is 1.41 bits per heavy atom. The third-order valence-corrected chi connectivity index (χ3v) is 5.29. The number of piperidine rings is 1. The lowest BCUT2D eigenvalue weighted by atomic mass is 9.71. The molecule has 0 radical (unpaired) electrons. The first kappa shape index (κ1) is 15.4. The molecule has 0 aliphatic carbocycles. The number of carbonyl (C=O) groups is 1. The Hall–Kier alpha value is -1.46. The zero-order valence-corrected chi connectivity index (χ0v) is 13.0. The van der Waals surface area contributed by atoms with E-state index in [1.54, 1.807) is 6.07 Å². The lowest BCUT2D eigenvalue weighted by molar-refractivity contribution is -0.145. The van der Waals surface area contributed by atoms with Crippen LogP contribution in [0.2, 0.25) is 0 Å². The molecule has 0 saturated carbocycles. The molecule has 5 heteroatoms. The highest BCUT2D eigenvalue weighted by Crippen LogP contribution is 2.45. The largest absolute Gasteiger partial charge is 0.481 e. The number of carboxylic acid groups (broad SMARTS) is 1. The molecule has 2 aliphatic heterocycles. The smallest absolute Gasteiger partial charge is 0.308 e. The highest BCUT2D eigenvalue weighted by atomic mass is 19.1. The molecule has 1 spiro atoms. The zero-order chi connectivity index (χ0) is 15.7. The molecule has 0 aromatic heterocycles. The first-order chi connectivity index (χ1) is 10.5. The maximum Gasteiger partial charge on any atom is 0.308 e. The van der Waals surface area contributed by atoms with E-state index in [4.69, 9.17) is 0 Å². The standard InChI is InChI=1S/C17H23FN2O2/c1-19-7-5-17(6-8-19)12-20(11-15(17)16(21)22)10-13-3-2-4-14(18)9-13/h2-4,9,15H,5-8,10-12H2,1H3,(H,21,22)/t15-/m0/s1. The third kappa shape index (κ3) is 3.01. The van der Waals surface area contributed by atoms with Gasteiger partial charge in [0.25, 0.3) is 0 Å². The van der Waals surface area contributed by atoms with E-state index in [1.807, 2.05) is 6.07 Å². The molecule has 120 valence electrons. The summed E-state index contributed by atoms with van der Waals surface area (Å²) in [6.45, 7) is 3.90. The van der Waals surface area contributed by atoms with E-state index >= 15 is 0 Å². The van der Waals surface area contributed by atoms with Crippen LogP contribution in [0.5, 0.6) is 0 Å². The van der Waals surface area contributed by atoms with Crippen LogP contribution in [-0.4, -0.2) is 54.1 Å². The van der Waals surface area contributed by atoms with Gasteiger partial charge in [-0.1, -0.05) is 12.1 Å². The zero-order valence-electron chi connectivity index (χ0n) is 13.0. The lowest BCUT2D eigenvalue weighted by Gasteiger charge is -2.40. The third-order valence-electron chi connectivity index (χ3n) is 5.29. The van der Waals surface area contributed by atoms with Crippen LogP contribution in [0, 0.1) is 17.2 Å². The number of halogens is 1. The molecule has 0 bridgehead atoms. The van der Waals surface area contributed by atoms with Gasteiger partial charge < -0.3 is 10.0 Å². The Labute approximate surface area is 130 Å². The molecule has 2 aliphatic rings. The molecular formula is C17H23FN2O2. The Bertz CT molecular complexity index is 555. The van der Waals surface area contributed by atoms with Gasteiger partial charge in [0.05, 0.1) is 5.92 Å². The van der Waals surface area contributed by atoms with Crippen LogP contribution in [0.15, 0.2) is 24.3 Å². The number of hydrogen-bond donors (Lipinski definition) is 1. The monoisotopic (exact) mass is 306 g/mol. The fourth-order valence-corrected chi connectivity index (χ4v) is 4.00. The first-order valence-corrected chi connectivity index (χ1v) is 7.87. The Morgan fingerprint density at radius 2 is 2.14 bits per heavy atom. The van der Waals surface area contributed by atoms with Gasteiger partial charge in [-0.3, -0.25) is 9.69 Å². The van der Waals surface area contributed by atoms with Gasteiger partial charge in [-0.15, -0.1) is 0 Å². The molecule has 0 amide bonds. The van der Waals surface area contributed by atoms with E-state index in [0.29, 0.717) is 13.1 Å². The highest BCUT2D eigenvalue weighted by Gasteiger charge is 2.50. The molecule has 1 aromatic rings. The summed E-state index contributed by atoms with van der Waals surface area (Å²) >= 11 is 0. The van der Waals surface area contributed by atoms with Crippen LogP contribution in [0.1, 0.15) is 18.4 Å². The van der Waals surface area contributed by atoms with Gasteiger partial charge in [-0.2, -0.15) is 0 Å². The van der Waals surface area contributed by atoms with E-state index in [0.717, 1.165) is 38.0 Å². The molecule has 0 unspecified atom stereocenters. The topological polar surface area (TPSA) is 43.8 Å². The van der Waals surface area contributed by atoms with Gasteiger partial charge in [0.1, 0.15) is 5.82 Å². The van der Waals surface area contributed by atoms with Crippen LogP contribution in [0.3, 0.4) is 0 Å². The van der Waals surface area contributed by atoms with Crippen molar-refractivity contribution in [3.8, 4) is 0 Å². The minimum absolute atomic E-state index is 0.119. The fourth-order valence-electron chi connectivity index (χ4n) is 4.00. The van der Waals surface area contributed by atoms with Crippen molar-refractivity contribution in [2.75, 3.05) is 33.2 Å². The summed E-state index contributed by atoms with van der Waals surface area (Å²) in [5, 5.41) is 9.62. The summed E-state index contributed by atoms with van der Waals surface area (Å²) in [5.41, 5.74) is 0.792. The highest BCUT2D eigenvalue weighted by molar-refractivity contribution is 5.72. The summed E-state index contributed by atoms with van der Waals surface area (Å²) in [6, 6.07) is 6.58.